The topological polar surface area (TPSA) is 0 Å². The van der Waals surface area contributed by atoms with Crippen LogP contribution in [0.25, 0.3) is 21.5 Å². The number of hydrogen-bond acceptors (Lipinski definition) is 0. The molecule has 0 aliphatic carbocycles. The second kappa shape index (κ2) is 19.1. The fourth-order valence-electron chi connectivity index (χ4n) is 5.87. The quantitative estimate of drug-likeness (QED) is 0.0668. The first-order chi connectivity index (χ1) is 24.2. The molecule has 8 aromatic carbocycles. The molecule has 0 radical (unpaired) electrons. The summed E-state index contributed by atoms with van der Waals surface area (Å²) in [5, 5.41) is 13.8. The Kier molecular flexibility index (Phi) is 14.1. The van der Waals surface area contributed by atoms with Gasteiger partial charge in [-0.05, 0) is 44.0 Å². The molecule has 0 aromatic heterocycles. The molecule has 8 aromatic rings. The number of hydrogen-bond donors (Lipinski definition) is 0. The summed E-state index contributed by atoms with van der Waals surface area (Å²) in [5.74, 6) is 0. The van der Waals surface area contributed by atoms with Crippen LogP contribution in [0, 0.1) is 0 Å². The maximum Gasteiger partial charge on any atom is 2.00 e. The summed E-state index contributed by atoms with van der Waals surface area (Å²) in [4.78, 5) is 0. The van der Waals surface area contributed by atoms with Crippen molar-refractivity contribution in [3.05, 3.63) is 219 Å². The zero-order chi connectivity index (χ0) is 33.7. The first-order valence-corrected chi connectivity index (χ1v) is 19.3. The van der Waals surface area contributed by atoms with Gasteiger partial charge in [-0.15, -0.1) is 80.7 Å². The summed E-state index contributed by atoms with van der Waals surface area (Å²) in [6.45, 7) is 5.42. The van der Waals surface area contributed by atoms with Crippen LogP contribution in [0.4, 0.5) is 0 Å². The third-order valence-corrected chi connectivity index (χ3v) is 12.9. The Balaban J connectivity index is 0.000000169. The normalized spacial score (nSPS) is 10.7. The van der Waals surface area contributed by atoms with Gasteiger partial charge >= 0.3 is 21.7 Å². The van der Waals surface area contributed by atoms with Crippen LogP contribution in [0.3, 0.4) is 0 Å². The van der Waals surface area contributed by atoms with Crippen molar-refractivity contribution >= 4 is 69.2 Å². The zero-order valence-corrected chi connectivity index (χ0v) is 31.7. The Bertz CT molecular complexity index is 1900. The minimum Gasteiger partial charge on any atom is -0.160 e. The fourth-order valence-corrected chi connectivity index (χ4v) is 10.6. The van der Waals surface area contributed by atoms with E-state index < -0.39 is 15.8 Å². The SMILES string of the molecule is C=C/C=C/C.[Ti+2].c1ccc(P(c2ccccc2)c2cc3ccccc3[cH-]2)cc1.c1ccc(P(c2ccccc2)c2cc3ccccc3[cH-]2)cc1. The van der Waals surface area contributed by atoms with Gasteiger partial charge in [0.15, 0.2) is 0 Å². The summed E-state index contributed by atoms with van der Waals surface area (Å²) >= 11 is 0. The number of rotatable bonds is 7. The predicted octanol–water partition coefficient (Wildman–Crippen LogP) is 10.4. The average molecular weight is 715 g/mol. The largest absolute Gasteiger partial charge is 2.00 e. The third kappa shape index (κ3) is 9.43. The van der Waals surface area contributed by atoms with Gasteiger partial charge in [-0.1, -0.05) is 158 Å². The first kappa shape index (κ1) is 36.9. The van der Waals surface area contributed by atoms with Crippen molar-refractivity contribution in [1.82, 2.24) is 0 Å². The van der Waals surface area contributed by atoms with Crippen LogP contribution in [-0.4, -0.2) is 0 Å². The summed E-state index contributed by atoms with van der Waals surface area (Å²) in [6.07, 6.45) is 5.58. The van der Waals surface area contributed by atoms with E-state index in [9.17, 15) is 0 Å². The molecule has 0 fully saturated rings. The Hall–Kier alpha value is -4.41. The molecular weight excluding hydrogens is 674 g/mol. The Morgan fingerprint density at radius 2 is 0.740 bits per heavy atom. The van der Waals surface area contributed by atoms with Gasteiger partial charge in [0.1, 0.15) is 0 Å². The molecule has 3 heteroatoms. The Morgan fingerprint density at radius 1 is 0.440 bits per heavy atom. The van der Waals surface area contributed by atoms with Crippen molar-refractivity contribution in [2.75, 3.05) is 0 Å². The summed E-state index contributed by atoms with van der Waals surface area (Å²) in [7, 11) is -0.986. The minimum atomic E-state index is -0.493. The molecule has 0 amide bonds. The molecule has 0 saturated heterocycles. The van der Waals surface area contributed by atoms with E-state index >= 15 is 0 Å². The smallest absolute Gasteiger partial charge is 0.160 e. The molecule has 0 unspecified atom stereocenters. The minimum absolute atomic E-state index is 0. The summed E-state index contributed by atoms with van der Waals surface area (Å²) in [6, 6.07) is 70.0. The second-order valence-corrected chi connectivity index (χ2v) is 15.9. The Morgan fingerprint density at radius 3 is 1.00 bits per heavy atom. The average Bonchev–Trinajstić information content (AvgIpc) is 3.79. The predicted molar refractivity (Wildman–Crippen MR) is 222 cm³/mol. The number of fused-ring (bicyclic) bond motifs is 2. The van der Waals surface area contributed by atoms with E-state index in [-0.39, 0.29) is 21.7 Å². The summed E-state index contributed by atoms with van der Waals surface area (Å²) < 4.78 is 0. The molecule has 8 rings (SSSR count). The number of benzene rings is 6. The second-order valence-electron chi connectivity index (χ2n) is 11.5. The number of allylic oxidation sites excluding steroid dienone is 3. The molecule has 0 aliphatic rings. The van der Waals surface area contributed by atoms with Gasteiger partial charge in [0, 0.05) is 0 Å². The van der Waals surface area contributed by atoms with Crippen LogP contribution >= 0.6 is 15.8 Å². The van der Waals surface area contributed by atoms with Crippen molar-refractivity contribution in [1.29, 1.82) is 0 Å². The third-order valence-electron chi connectivity index (χ3n) is 8.11. The van der Waals surface area contributed by atoms with E-state index in [4.69, 9.17) is 0 Å². The van der Waals surface area contributed by atoms with E-state index in [1.165, 1.54) is 53.4 Å². The molecule has 0 atom stereocenters. The summed E-state index contributed by atoms with van der Waals surface area (Å²) in [5.41, 5.74) is 0. The van der Waals surface area contributed by atoms with Crippen LogP contribution < -0.4 is 31.8 Å². The van der Waals surface area contributed by atoms with Gasteiger partial charge in [0.2, 0.25) is 0 Å². The van der Waals surface area contributed by atoms with Crippen LogP contribution in [0.1, 0.15) is 6.92 Å². The zero-order valence-electron chi connectivity index (χ0n) is 28.3. The maximum absolute atomic E-state index is 3.46. The molecule has 0 saturated carbocycles. The van der Waals surface area contributed by atoms with Gasteiger partial charge in [0.05, 0.1) is 0 Å². The van der Waals surface area contributed by atoms with Crippen molar-refractivity contribution in [3.8, 4) is 0 Å². The molecule has 0 aliphatic heterocycles. The van der Waals surface area contributed by atoms with Crippen LogP contribution in [0.2, 0.25) is 0 Å². The van der Waals surface area contributed by atoms with Gasteiger partial charge < -0.3 is 0 Å². The van der Waals surface area contributed by atoms with Crippen LogP contribution in [0.15, 0.2) is 219 Å². The first-order valence-electron chi connectivity index (χ1n) is 16.6. The molecule has 0 heterocycles. The molecule has 0 spiro atoms. The molecule has 0 N–H and O–H groups in total. The van der Waals surface area contributed by atoms with E-state index in [0.717, 1.165) is 0 Å². The van der Waals surface area contributed by atoms with E-state index in [0.29, 0.717) is 0 Å². The molecular formula is C47H40P2Ti. The van der Waals surface area contributed by atoms with Crippen molar-refractivity contribution in [2.45, 2.75) is 6.92 Å². The van der Waals surface area contributed by atoms with Gasteiger partial charge in [-0.2, -0.15) is 12.1 Å². The Labute approximate surface area is 315 Å². The van der Waals surface area contributed by atoms with Crippen molar-refractivity contribution in [3.63, 3.8) is 0 Å². The van der Waals surface area contributed by atoms with Gasteiger partial charge in [0.25, 0.3) is 0 Å². The van der Waals surface area contributed by atoms with Crippen molar-refractivity contribution < 1.29 is 21.7 Å². The molecule has 242 valence electrons. The maximum atomic E-state index is 3.46. The van der Waals surface area contributed by atoms with Crippen molar-refractivity contribution in [2.24, 2.45) is 0 Å². The van der Waals surface area contributed by atoms with Crippen LogP contribution in [0.5, 0.6) is 0 Å². The van der Waals surface area contributed by atoms with Crippen LogP contribution in [-0.2, 0) is 21.7 Å². The standard InChI is InChI=1S/2C21H16P.C5H8.Ti/c2*1-3-11-19(12-4-1)22(20-13-5-2-6-14-20)21-15-17-9-7-8-10-18(17)16-21;1-3-5-4-2;/h2*1-16H;3-5H,1H2,2H3;/q2*-1;;+2/b;;5-4+;. The van der Waals surface area contributed by atoms with E-state index in [1.807, 2.05) is 19.1 Å². The monoisotopic (exact) mass is 714 g/mol. The molecule has 0 nitrogen and oxygen atoms in total. The van der Waals surface area contributed by atoms with Gasteiger partial charge in [-0.25, -0.2) is 0 Å². The van der Waals surface area contributed by atoms with Gasteiger partial charge in [-0.3, -0.25) is 0 Å². The van der Waals surface area contributed by atoms with E-state index in [2.05, 4.69) is 201 Å². The molecule has 0 bridgehead atoms. The molecule has 50 heavy (non-hydrogen) atoms. The van der Waals surface area contributed by atoms with E-state index in [1.54, 1.807) is 6.08 Å². The fraction of sp³-hybridized carbons (Fsp3) is 0.0213.